The summed E-state index contributed by atoms with van der Waals surface area (Å²) >= 11 is 0. The first-order valence-corrected chi connectivity index (χ1v) is 2.41. The van der Waals surface area contributed by atoms with Crippen molar-refractivity contribution in [1.82, 2.24) is 0 Å². The quantitative estimate of drug-likeness (QED) is 0.780. The third kappa shape index (κ3) is 11.4. The zero-order valence-electron chi connectivity index (χ0n) is 5.22. The molecule has 0 rings (SSSR count). The summed E-state index contributed by atoms with van der Waals surface area (Å²) in [5.74, 6) is -0.887. The van der Waals surface area contributed by atoms with E-state index in [1.54, 1.807) is 6.92 Å². The Morgan fingerprint density at radius 1 is 1.50 bits per heavy atom. The summed E-state index contributed by atoms with van der Waals surface area (Å²) in [4.78, 5) is 9.93. The van der Waals surface area contributed by atoms with Crippen LogP contribution >= 0.6 is 0 Å². The molecule has 0 amide bonds. The maximum Gasteiger partial charge on any atom is 0.306 e. The Morgan fingerprint density at radius 3 is 1.80 bits per heavy atom. The van der Waals surface area contributed by atoms with E-state index in [2.05, 4.69) is 0 Å². The first-order valence-electron chi connectivity index (χ1n) is 2.41. The number of hydrogen-bond donors (Lipinski definition) is 1. The number of carbonyl (C=O) groups is 1. The van der Waals surface area contributed by atoms with Crippen molar-refractivity contribution in [2.75, 3.05) is 0 Å². The smallest absolute Gasteiger partial charge is 0.306 e. The number of carboxylic acids is 1. The van der Waals surface area contributed by atoms with E-state index < -0.39 is 5.97 Å². The molecule has 61 valence electrons. The van der Waals surface area contributed by atoms with Crippen molar-refractivity contribution >= 4 is 5.97 Å². The monoisotopic (exact) mass is 223 g/mol. The molecular weight excluding hydrogens is 205 g/mol. The van der Waals surface area contributed by atoms with Crippen LogP contribution in [0.3, 0.4) is 0 Å². The van der Waals surface area contributed by atoms with E-state index in [-0.39, 0.29) is 53.5 Å². The molecule has 2 nitrogen and oxygen atoms in total. The minimum Gasteiger partial charge on any atom is -0.481 e. The Bertz CT molecular complexity index is 74.0. The normalized spacial score (nSPS) is 9.40. The van der Waals surface area contributed by atoms with Gasteiger partial charge < -0.3 is 5.11 Å². The molecular formula is C7H18O2Y. The molecule has 0 aromatic carbocycles. The number of carboxylic acid groups (broad SMARTS) is 1. The number of hydrogen-bond acceptors (Lipinski definition) is 1. The van der Waals surface area contributed by atoms with E-state index in [1.807, 2.05) is 6.92 Å². The van der Waals surface area contributed by atoms with E-state index in [4.69, 9.17) is 5.11 Å². The molecule has 0 aromatic rings. The van der Waals surface area contributed by atoms with Gasteiger partial charge in [-0.1, -0.05) is 28.7 Å². The molecule has 3 heteroatoms. The van der Waals surface area contributed by atoms with Crippen LogP contribution in [0, 0.1) is 5.92 Å². The molecule has 1 unspecified atom stereocenters. The maximum absolute atomic E-state index is 9.93. The van der Waals surface area contributed by atoms with E-state index in [1.165, 1.54) is 0 Å². The third-order valence-corrected chi connectivity index (χ3v) is 1.03. The van der Waals surface area contributed by atoms with Crippen molar-refractivity contribution in [2.24, 2.45) is 5.92 Å². The molecule has 0 aliphatic rings. The van der Waals surface area contributed by atoms with Crippen LogP contribution in [-0.4, -0.2) is 11.1 Å². The summed E-state index contributed by atoms with van der Waals surface area (Å²) in [6.07, 6.45) is 0.718. The molecule has 1 N–H and O–H groups in total. The summed E-state index contributed by atoms with van der Waals surface area (Å²) in [5, 5.41) is 8.18. The van der Waals surface area contributed by atoms with Crippen molar-refractivity contribution in [3.05, 3.63) is 0 Å². The molecule has 1 radical (unpaired) electrons. The second kappa shape index (κ2) is 12.3. The zero-order valence-corrected chi connectivity index (χ0v) is 8.06. The van der Waals surface area contributed by atoms with Gasteiger partial charge in [0.25, 0.3) is 0 Å². The zero-order chi connectivity index (χ0) is 5.86. The van der Waals surface area contributed by atoms with Gasteiger partial charge in [0, 0.05) is 32.7 Å². The summed E-state index contributed by atoms with van der Waals surface area (Å²) in [5.41, 5.74) is 0. The van der Waals surface area contributed by atoms with Gasteiger partial charge in [-0.3, -0.25) is 4.79 Å². The van der Waals surface area contributed by atoms with Crippen LogP contribution in [0.15, 0.2) is 0 Å². The van der Waals surface area contributed by atoms with Crippen LogP contribution in [0.25, 0.3) is 0 Å². The van der Waals surface area contributed by atoms with Crippen LogP contribution in [0.4, 0.5) is 0 Å². The van der Waals surface area contributed by atoms with Crippen molar-refractivity contribution in [3.8, 4) is 0 Å². The van der Waals surface area contributed by atoms with Gasteiger partial charge in [0.1, 0.15) is 0 Å². The summed E-state index contributed by atoms with van der Waals surface area (Å²) in [7, 11) is 0. The largest absolute Gasteiger partial charge is 0.481 e. The minimum atomic E-state index is -0.706. The molecule has 0 spiro atoms. The van der Waals surface area contributed by atoms with Crippen molar-refractivity contribution in [2.45, 2.75) is 35.1 Å². The molecule has 0 aliphatic carbocycles. The fourth-order valence-corrected chi connectivity index (χ4v) is 0.175. The number of aliphatic carboxylic acids is 1. The van der Waals surface area contributed by atoms with Gasteiger partial charge in [0.05, 0.1) is 5.92 Å². The van der Waals surface area contributed by atoms with Crippen molar-refractivity contribution in [1.29, 1.82) is 0 Å². The fourth-order valence-electron chi connectivity index (χ4n) is 0.175. The van der Waals surface area contributed by atoms with Crippen molar-refractivity contribution < 1.29 is 42.6 Å². The summed E-state index contributed by atoms with van der Waals surface area (Å²) < 4.78 is 0. The SMILES string of the molecule is C.C.CCC(C)C(=O)O.[Y]. The maximum atomic E-state index is 9.93. The molecule has 0 heterocycles. The van der Waals surface area contributed by atoms with E-state index in [9.17, 15) is 4.79 Å². The van der Waals surface area contributed by atoms with Crippen LogP contribution < -0.4 is 0 Å². The Hall–Kier alpha value is 0.574. The van der Waals surface area contributed by atoms with Gasteiger partial charge in [0.15, 0.2) is 0 Å². The van der Waals surface area contributed by atoms with Gasteiger partial charge in [-0.15, -0.1) is 0 Å². The van der Waals surface area contributed by atoms with Gasteiger partial charge in [0.2, 0.25) is 0 Å². The van der Waals surface area contributed by atoms with Crippen LogP contribution in [0.5, 0.6) is 0 Å². The molecule has 0 fully saturated rings. The predicted octanol–water partition coefficient (Wildman–Crippen LogP) is 2.39. The van der Waals surface area contributed by atoms with Gasteiger partial charge in [-0.25, -0.2) is 0 Å². The predicted molar refractivity (Wildman–Crippen MR) is 40.6 cm³/mol. The molecule has 1 atom stereocenters. The van der Waals surface area contributed by atoms with Crippen molar-refractivity contribution in [3.63, 3.8) is 0 Å². The first kappa shape index (κ1) is 22.4. The Morgan fingerprint density at radius 2 is 1.80 bits per heavy atom. The average molecular weight is 223 g/mol. The summed E-state index contributed by atoms with van der Waals surface area (Å²) in [6, 6.07) is 0. The first-order chi connectivity index (χ1) is 3.18. The van der Waals surface area contributed by atoms with E-state index in [0.717, 1.165) is 6.42 Å². The molecule has 10 heavy (non-hydrogen) atoms. The summed E-state index contributed by atoms with van der Waals surface area (Å²) in [6.45, 7) is 3.56. The van der Waals surface area contributed by atoms with Gasteiger partial charge in [-0.05, 0) is 6.42 Å². The Balaban J connectivity index is -0.0000000600. The Labute approximate surface area is 89.3 Å². The van der Waals surface area contributed by atoms with Crippen LogP contribution in [-0.2, 0) is 37.5 Å². The second-order valence-corrected chi connectivity index (χ2v) is 1.65. The fraction of sp³-hybridized carbons (Fsp3) is 0.857. The Kier molecular flexibility index (Phi) is 27.5. The molecule has 0 aromatic heterocycles. The van der Waals surface area contributed by atoms with Gasteiger partial charge >= 0.3 is 5.97 Å². The third-order valence-electron chi connectivity index (χ3n) is 1.03. The van der Waals surface area contributed by atoms with E-state index in [0.29, 0.717) is 0 Å². The number of rotatable bonds is 2. The van der Waals surface area contributed by atoms with Crippen LogP contribution in [0.1, 0.15) is 35.1 Å². The molecule has 0 bridgehead atoms. The molecule has 0 saturated heterocycles. The molecule has 0 aliphatic heterocycles. The minimum absolute atomic E-state index is 0. The van der Waals surface area contributed by atoms with Crippen LogP contribution in [0.2, 0.25) is 0 Å². The van der Waals surface area contributed by atoms with E-state index >= 15 is 0 Å². The molecule has 0 saturated carbocycles. The van der Waals surface area contributed by atoms with Gasteiger partial charge in [-0.2, -0.15) is 0 Å². The standard InChI is InChI=1S/C5H10O2.2CH4.Y/c1-3-4(2)5(6)7;;;/h4H,3H2,1-2H3,(H,6,7);2*1H4;. The average Bonchev–Trinajstić information content (AvgIpc) is 1.65. The second-order valence-electron chi connectivity index (χ2n) is 1.65. The topological polar surface area (TPSA) is 37.3 Å².